The van der Waals surface area contributed by atoms with E-state index in [0.717, 1.165) is 29.7 Å². The van der Waals surface area contributed by atoms with Crippen molar-refractivity contribution in [2.75, 3.05) is 18.9 Å². The number of hydrogen-bond donors (Lipinski definition) is 1. The minimum absolute atomic E-state index is 0.344. The molecule has 0 aliphatic heterocycles. The van der Waals surface area contributed by atoms with Crippen LogP contribution in [0.5, 0.6) is 0 Å². The standard InChI is InChI=1S/C16H22ClN3S/c1-4-9-18-16-19-10-15(21-16)11-20(3)12(2)13-5-7-14(17)8-6-13/h5-8,10,12H,4,9,11H2,1-3H3,(H,18,19). The highest BCUT2D eigenvalue weighted by molar-refractivity contribution is 7.15. The first-order chi connectivity index (χ1) is 10.1. The lowest BCUT2D eigenvalue weighted by atomic mass is 10.1. The molecule has 1 aromatic heterocycles. The number of hydrogen-bond acceptors (Lipinski definition) is 4. The van der Waals surface area contributed by atoms with E-state index in [2.05, 4.69) is 48.2 Å². The zero-order chi connectivity index (χ0) is 15.2. The molecule has 0 aliphatic carbocycles. The Kier molecular flexibility index (Phi) is 6.03. The van der Waals surface area contributed by atoms with Crippen LogP contribution in [-0.4, -0.2) is 23.5 Å². The third-order valence-electron chi connectivity index (χ3n) is 3.50. The second-order valence-corrected chi connectivity index (χ2v) is 6.75. The van der Waals surface area contributed by atoms with Gasteiger partial charge in [-0.3, -0.25) is 4.90 Å². The fourth-order valence-corrected chi connectivity index (χ4v) is 3.10. The molecule has 0 saturated carbocycles. The predicted octanol–water partition coefficient (Wildman–Crippen LogP) is 4.81. The Balaban J connectivity index is 1.95. The number of halogens is 1. The molecule has 0 saturated heterocycles. The molecule has 0 spiro atoms. The van der Waals surface area contributed by atoms with Gasteiger partial charge in [-0.15, -0.1) is 11.3 Å². The number of benzene rings is 1. The molecule has 2 aromatic rings. The number of anilines is 1. The van der Waals surface area contributed by atoms with E-state index in [1.807, 2.05) is 18.3 Å². The molecular weight excluding hydrogens is 302 g/mol. The Labute approximate surface area is 136 Å². The Hall–Kier alpha value is -1.10. The normalized spacial score (nSPS) is 12.6. The fourth-order valence-electron chi connectivity index (χ4n) is 2.07. The molecule has 0 amide bonds. The average molecular weight is 324 g/mol. The summed E-state index contributed by atoms with van der Waals surface area (Å²) in [5.41, 5.74) is 1.27. The van der Waals surface area contributed by atoms with E-state index in [-0.39, 0.29) is 0 Å². The molecule has 0 radical (unpaired) electrons. The lowest BCUT2D eigenvalue weighted by molar-refractivity contribution is 0.255. The molecule has 0 aliphatic rings. The van der Waals surface area contributed by atoms with Crippen molar-refractivity contribution in [1.29, 1.82) is 0 Å². The molecule has 0 fully saturated rings. The largest absolute Gasteiger partial charge is 0.362 e. The second kappa shape index (κ2) is 7.78. The summed E-state index contributed by atoms with van der Waals surface area (Å²) in [6.07, 6.45) is 3.08. The third kappa shape index (κ3) is 4.70. The number of nitrogens with one attached hydrogen (secondary N) is 1. The van der Waals surface area contributed by atoms with E-state index < -0.39 is 0 Å². The molecule has 1 atom stereocenters. The van der Waals surface area contributed by atoms with Gasteiger partial charge in [-0.25, -0.2) is 4.98 Å². The van der Waals surface area contributed by atoms with Crippen molar-refractivity contribution in [1.82, 2.24) is 9.88 Å². The van der Waals surface area contributed by atoms with E-state index in [1.54, 1.807) is 11.3 Å². The molecule has 5 heteroatoms. The first-order valence-corrected chi connectivity index (χ1v) is 8.44. The SMILES string of the molecule is CCCNc1ncc(CN(C)C(C)c2ccc(Cl)cc2)s1. The maximum Gasteiger partial charge on any atom is 0.182 e. The predicted molar refractivity (Wildman–Crippen MR) is 92.2 cm³/mol. The van der Waals surface area contributed by atoms with Gasteiger partial charge in [-0.2, -0.15) is 0 Å². The van der Waals surface area contributed by atoms with Gasteiger partial charge in [0.1, 0.15) is 0 Å². The first-order valence-electron chi connectivity index (χ1n) is 7.24. The molecule has 1 N–H and O–H groups in total. The Morgan fingerprint density at radius 3 is 2.71 bits per heavy atom. The summed E-state index contributed by atoms with van der Waals surface area (Å²) in [6, 6.07) is 8.41. The van der Waals surface area contributed by atoms with Crippen molar-refractivity contribution in [2.24, 2.45) is 0 Å². The van der Waals surface area contributed by atoms with Crippen LogP contribution in [0.4, 0.5) is 5.13 Å². The molecule has 1 heterocycles. The highest BCUT2D eigenvalue weighted by Gasteiger charge is 2.13. The minimum atomic E-state index is 0.344. The lowest BCUT2D eigenvalue weighted by Crippen LogP contribution is -2.21. The monoisotopic (exact) mass is 323 g/mol. The summed E-state index contributed by atoms with van der Waals surface area (Å²) in [6.45, 7) is 6.24. The van der Waals surface area contributed by atoms with Gasteiger partial charge in [0, 0.05) is 35.2 Å². The van der Waals surface area contributed by atoms with Gasteiger partial charge in [0.05, 0.1) is 0 Å². The Morgan fingerprint density at radius 2 is 2.05 bits per heavy atom. The molecule has 0 bridgehead atoms. The summed E-state index contributed by atoms with van der Waals surface area (Å²) < 4.78 is 0. The quantitative estimate of drug-likeness (QED) is 0.792. The van der Waals surface area contributed by atoms with Crippen LogP contribution >= 0.6 is 22.9 Å². The van der Waals surface area contributed by atoms with Crippen molar-refractivity contribution in [2.45, 2.75) is 32.9 Å². The Bertz CT molecular complexity index is 553. The highest BCUT2D eigenvalue weighted by Crippen LogP contribution is 2.25. The smallest absolute Gasteiger partial charge is 0.182 e. The van der Waals surface area contributed by atoms with E-state index in [9.17, 15) is 0 Å². The molecule has 1 unspecified atom stereocenters. The van der Waals surface area contributed by atoms with Crippen LogP contribution in [0.1, 0.15) is 36.8 Å². The van der Waals surface area contributed by atoms with Gasteiger partial charge in [-0.1, -0.05) is 30.7 Å². The summed E-state index contributed by atoms with van der Waals surface area (Å²) in [5, 5.41) is 5.12. The van der Waals surface area contributed by atoms with Gasteiger partial charge in [0.2, 0.25) is 0 Å². The van der Waals surface area contributed by atoms with Crippen LogP contribution in [0.3, 0.4) is 0 Å². The number of thiazole rings is 1. The van der Waals surface area contributed by atoms with Crippen molar-refractivity contribution in [3.05, 3.63) is 45.9 Å². The second-order valence-electron chi connectivity index (χ2n) is 5.20. The highest BCUT2D eigenvalue weighted by atomic mass is 35.5. The average Bonchev–Trinajstić information content (AvgIpc) is 2.92. The van der Waals surface area contributed by atoms with Crippen LogP contribution in [-0.2, 0) is 6.54 Å². The maximum atomic E-state index is 5.94. The van der Waals surface area contributed by atoms with Gasteiger partial charge < -0.3 is 5.32 Å². The van der Waals surface area contributed by atoms with Crippen LogP contribution in [0.25, 0.3) is 0 Å². The zero-order valence-corrected chi connectivity index (χ0v) is 14.3. The topological polar surface area (TPSA) is 28.2 Å². The number of aromatic nitrogens is 1. The first kappa shape index (κ1) is 16.3. The number of rotatable bonds is 7. The van der Waals surface area contributed by atoms with Crippen LogP contribution in [0, 0.1) is 0 Å². The fraction of sp³-hybridized carbons (Fsp3) is 0.438. The van der Waals surface area contributed by atoms with Crippen molar-refractivity contribution < 1.29 is 0 Å². The molecule has 114 valence electrons. The van der Waals surface area contributed by atoms with E-state index in [0.29, 0.717) is 6.04 Å². The zero-order valence-electron chi connectivity index (χ0n) is 12.8. The van der Waals surface area contributed by atoms with Gasteiger partial charge in [0.25, 0.3) is 0 Å². The molecule has 21 heavy (non-hydrogen) atoms. The van der Waals surface area contributed by atoms with Crippen molar-refractivity contribution in [3.63, 3.8) is 0 Å². The van der Waals surface area contributed by atoms with Gasteiger partial charge in [0.15, 0.2) is 5.13 Å². The number of nitrogens with zero attached hydrogens (tertiary/aromatic N) is 2. The van der Waals surface area contributed by atoms with Crippen LogP contribution in [0.2, 0.25) is 5.02 Å². The Morgan fingerprint density at radius 1 is 1.33 bits per heavy atom. The van der Waals surface area contributed by atoms with Crippen molar-refractivity contribution in [3.8, 4) is 0 Å². The van der Waals surface area contributed by atoms with Gasteiger partial charge in [-0.05, 0) is 38.1 Å². The van der Waals surface area contributed by atoms with E-state index >= 15 is 0 Å². The van der Waals surface area contributed by atoms with E-state index in [4.69, 9.17) is 11.6 Å². The van der Waals surface area contributed by atoms with Crippen LogP contribution in [0.15, 0.2) is 30.5 Å². The van der Waals surface area contributed by atoms with E-state index in [1.165, 1.54) is 10.4 Å². The van der Waals surface area contributed by atoms with Crippen LogP contribution < -0.4 is 5.32 Å². The molecule has 1 aromatic carbocycles. The van der Waals surface area contributed by atoms with Crippen molar-refractivity contribution >= 4 is 28.1 Å². The summed E-state index contributed by atoms with van der Waals surface area (Å²) >= 11 is 7.67. The summed E-state index contributed by atoms with van der Waals surface area (Å²) in [7, 11) is 2.14. The minimum Gasteiger partial charge on any atom is -0.362 e. The van der Waals surface area contributed by atoms with Gasteiger partial charge >= 0.3 is 0 Å². The third-order valence-corrected chi connectivity index (χ3v) is 4.69. The molecule has 2 rings (SSSR count). The summed E-state index contributed by atoms with van der Waals surface area (Å²) in [5.74, 6) is 0. The maximum absolute atomic E-state index is 5.94. The summed E-state index contributed by atoms with van der Waals surface area (Å²) in [4.78, 5) is 8.01. The molecule has 3 nitrogen and oxygen atoms in total. The molecular formula is C16H22ClN3S. The lowest BCUT2D eigenvalue weighted by Gasteiger charge is -2.24.